The van der Waals surface area contributed by atoms with Crippen LogP contribution >= 0.6 is 0 Å². The molecule has 0 bridgehead atoms. The topological polar surface area (TPSA) is 29.3 Å². The summed E-state index contributed by atoms with van der Waals surface area (Å²) in [6.45, 7) is 0. The first-order valence-electron chi connectivity index (χ1n) is 17.8. The van der Waals surface area contributed by atoms with Gasteiger partial charge in [-0.3, -0.25) is 4.79 Å². The molecule has 8 aliphatic rings. The average molecular weight is 616 g/mol. The Labute approximate surface area is 276 Å². The van der Waals surface area contributed by atoms with Gasteiger partial charge in [0.15, 0.2) is 0 Å². The van der Waals surface area contributed by atoms with E-state index in [1.165, 1.54) is 57.0 Å². The first kappa shape index (κ1) is 24.1. The number of rotatable bonds is 6. The fourth-order valence-electron chi connectivity index (χ4n) is 12.4. The molecule has 14 rings (SSSR count). The number of carbonyl (C=O) groups excluding carboxylic acids is 1. The third kappa shape index (κ3) is 2.25. The minimum Gasteiger partial charge on any atom is -0.469 e. The second kappa shape index (κ2) is 7.29. The van der Waals surface area contributed by atoms with Gasteiger partial charge in [0, 0.05) is 35.9 Å². The van der Waals surface area contributed by atoms with E-state index < -0.39 is 0 Å². The molecule has 48 heavy (non-hydrogen) atoms. The van der Waals surface area contributed by atoms with Crippen molar-refractivity contribution in [3.05, 3.63) is 123 Å². The normalized spacial score (nSPS) is 24.2. The maximum Gasteiger partial charge on any atom is 0.305 e. The van der Waals surface area contributed by atoms with Gasteiger partial charge in [-0.1, -0.05) is 72.8 Å². The van der Waals surface area contributed by atoms with Crippen LogP contribution in [0, 0.1) is 5.92 Å². The van der Waals surface area contributed by atoms with Gasteiger partial charge in [0.1, 0.15) is 5.54 Å². The van der Waals surface area contributed by atoms with E-state index in [9.17, 15) is 4.79 Å². The van der Waals surface area contributed by atoms with Crippen molar-refractivity contribution in [3.8, 4) is 11.1 Å². The van der Waals surface area contributed by atoms with E-state index in [0.29, 0.717) is 18.3 Å². The van der Waals surface area contributed by atoms with Crippen LogP contribution in [0.5, 0.6) is 0 Å². The summed E-state index contributed by atoms with van der Waals surface area (Å²) < 4.78 is 5.07. The number of ether oxygens (including phenoxy) is 1. The number of hydrogen-bond acceptors (Lipinski definition) is 3. The fraction of sp³-hybridized carbons (Fsp3) is 0.222. The summed E-state index contributed by atoms with van der Waals surface area (Å²) in [5.41, 5.74) is 19.6. The van der Waals surface area contributed by atoms with Gasteiger partial charge in [-0.15, -0.1) is 0 Å². The number of carbonyl (C=O) groups is 1. The quantitative estimate of drug-likeness (QED) is 0.106. The van der Waals surface area contributed by atoms with Crippen LogP contribution in [0.1, 0.15) is 87.7 Å². The Hall–Kier alpha value is -5.15. The van der Waals surface area contributed by atoms with Gasteiger partial charge in [-0.2, -0.15) is 0 Å². The van der Waals surface area contributed by atoms with Gasteiger partial charge >= 0.3 is 5.97 Å². The highest BCUT2D eigenvalue weighted by atomic mass is 16.5. The lowest BCUT2D eigenvalue weighted by molar-refractivity contribution is -0.140. The Morgan fingerprint density at radius 1 is 0.896 bits per heavy atom. The molecule has 3 heteroatoms. The molecule has 0 N–H and O–H groups in total. The van der Waals surface area contributed by atoms with Gasteiger partial charge in [0.05, 0.1) is 13.2 Å². The van der Waals surface area contributed by atoms with Crippen LogP contribution in [0.4, 0.5) is 0 Å². The predicted octanol–water partition coefficient (Wildman–Crippen LogP) is 10.0. The molecule has 4 atom stereocenters. The highest BCUT2D eigenvalue weighted by Gasteiger charge is 2.68. The van der Waals surface area contributed by atoms with Crippen molar-refractivity contribution >= 4 is 66.8 Å². The van der Waals surface area contributed by atoms with Crippen LogP contribution in [0.25, 0.3) is 71.9 Å². The SMILES string of the molecule is COC(=O)CCCC(c1ccccc1)N1C2=Cc3ccc4cc5c6c7c(cc8c9c7c7c%10c%11c(c%12c7c6c4c3-%12)C21CC%11=CC(C=C8)C9%10)C5. The molecule has 0 aromatic heterocycles. The zero-order valence-corrected chi connectivity index (χ0v) is 26.5. The van der Waals surface area contributed by atoms with E-state index in [-0.39, 0.29) is 17.6 Å². The number of allylic oxidation sites excluding steroid dienone is 2. The maximum absolute atomic E-state index is 12.3. The minimum absolute atomic E-state index is 0.121. The van der Waals surface area contributed by atoms with Crippen molar-refractivity contribution < 1.29 is 9.53 Å². The molecule has 3 nitrogen and oxygen atoms in total. The van der Waals surface area contributed by atoms with Crippen molar-refractivity contribution in [2.45, 2.75) is 49.6 Å². The van der Waals surface area contributed by atoms with Gasteiger partial charge in [-0.25, -0.2) is 0 Å². The second-order valence-corrected chi connectivity index (χ2v) is 15.6. The number of esters is 1. The molecular formula is C45H29NO2. The molecule has 1 spiro atoms. The zero-order chi connectivity index (χ0) is 30.9. The molecule has 226 valence electrons. The summed E-state index contributed by atoms with van der Waals surface area (Å²) in [5, 5.41) is 12.4. The molecule has 1 fully saturated rings. The van der Waals surface area contributed by atoms with Crippen LogP contribution in [-0.2, 0) is 21.5 Å². The largest absolute Gasteiger partial charge is 0.469 e. The Balaban J connectivity index is 1.14. The van der Waals surface area contributed by atoms with Crippen molar-refractivity contribution in [1.82, 2.24) is 4.90 Å². The minimum atomic E-state index is -0.162. The van der Waals surface area contributed by atoms with Crippen molar-refractivity contribution in [2.75, 3.05) is 7.11 Å². The standard InChI is InChI=1S/C45H29NO2/c1-48-30(47)9-5-8-28(20-6-3-2-4-7-20)46-29-18-24-13-12-22-15-26-17-25-14-21-10-11-23-16-27-19-45(29,46)44-37(27)40-32(23)31(21)38-35(25)36(26)39-33(22)34(24)43(44)42(39)41(38)40/h2-4,6-7,10-16,18,23,28,32H,5,8-9,17,19H2,1H3. The molecule has 1 saturated heterocycles. The molecular weight excluding hydrogens is 587 g/mol. The first-order valence-corrected chi connectivity index (χ1v) is 17.8. The third-order valence-corrected chi connectivity index (χ3v) is 13.8. The molecule has 0 saturated carbocycles. The van der Waals surface area contributed by atoms with Gasteiger partial charge < -0.3 is 9.64 Å². The fourth-order valence-corrected chi connectivity index (χ4v) is 12.4. The molecule has 7 aliphatic carbocycles. The smallest absolute Gasteiger partial charge is 0.305 e. The Kier molecular flexibility index (Phi) is 3.66. The van der Waals surface area contributed by atoms with Crippen LogP contribution in [0.15, 0.2) is 72.4 Å². The summed E-state index contributed by atoms with van der Waals surface area (Å²) in [5.74, 6) is 0.707. The highest BCUT2D eigenvalue weighted by molar-refractivity contribution is 6.44. The molecule has 0 amide bonds. The summed E-state index contributed by atoms with van der Waals surface area (Å²) in [6, 6.07) is 21.2. The number of methoxy groups -OCH3 is 1. The Bertz CT molecular complexity index is 2830. The van der Waals surface area contributed by atoms with Gasteiger partial charge in [0.2, 0.25) is 0 Å². The van der Waals surface area contributed by atoms with E-state index >= 15 is 0 Å². The van der Waals surface area contributed by atoms with Crippen LogP contribution < -0.4 is 0 Å². The maximum atomic E-state index is 12.3. The van der Waals surface area contributed by atoms with Crippen LogP contribution in [-0.4, -0.2) is 18.0 Å². The predicted molar refractivity (Wildman–Crippen MR) is 192 cm³/mol. The van der Waals surface area contributed by atoms with E-state index in [4.69, 9.17) is 4.74 Å². The number of benzene rings is 6. The van der Waals surface area contributed by atoms with E-state index in [1.54, 1.807) is 65.7 Å². The summed E-state index contributed by atoms with van der Waals surface area (Å²) in [6.07, 6.45) is 14.5. The van der Waals surface area contributed by atoms with E-state index in [1.807, 2.05) is 0 Å². The lowest BCUT2D eigenvalue weighted by Gasteiger charge is -2.32. The van der Waals surface area contributed by atoms with Crippen molar-refractivity contribution in [1.29, 1.82) is 0 Å². The summed E-state index contributed by atoms with van der Waals surface area (Å²) >= 11 is 0. The van der Waals surface area contributed by atoms with Crippen molar-refractivity contribution in [2.24, 2.45) is 5.92 Å². The van der Waals surface area contributed by atoms with E-state index in [0.717, 1.165) is 25.7 Å². The molecule has 6 aromatic carbocycles. The van der Waals surface area contributed by atoms with Gasteiger partial charge in [0.25, 0.3) is 0 Å². The van der Waals surface area contributed by atoms with Crippen LogP contribution in [0.3, 0.4) is 0 Å². The first-order chi connectivity index (χ1) is 23.7. The van der Waals surface area contributed by atoms with E-state index in [2.05, 4.69) is 83.8 Å². The highest BCUT2D eigenvalue weighted by Crippen LogP contribution is 2.76. The average Bonchev–Trinajstić information content (AvgIpc) is 3.49. The van der Waals surface area contributed by atoms with Crippen molar-refractivity contribution in [3.63, 3.8) is 0 Å². The zero-order valence-electron chi connectivity index (χ0n) is 26.5. The molecule has 0 radical (unpaired) electrons. The lowest BCUT2D eigenvalue weighted by Crippen LogP contribution is -2.20. The summed E-state index contributed by atoms with van der Waals surface area (Å²) in [7, 11) is 1.50. The molecule has 6 aromatic rings. The Morgan fingerprint density at radius 2 is 1.75 bits per heavy atom. The molecule has 4 unspecified atom stereocenters. The number of nitrogens with zero attached hydrogens (tertiary/aromatic N) is 1. The van der Waals surface area contributed by atoms with Crippen LogP contribution in [0.2, 0.25) is 0 Å². The number of hydrogen-bond donors (Lipinski definition) is 0. The van der Waals surface area contributed by atoms with Gasteiger partial charge in [-0.05, 0) is 130 Å². The summed E-state index contributed by atoms with van der Waals surface area (Å²) in [4.78, 5) is 15.1. The second-order valence-electron chi connectivity index (χ2n) is 15.6. The Morgan fingerprint density at radius 3 is 2.65 bits per heavy atom. The third-order valence-electron chi connectivity index (χ3n) is 13.8. The molecule has 1 heterocycles. The monoisotopic (exact) mass is 615 g/mol. The molecule has 1 aliphatic heterocycles. The lowest BCUT2D eigenvalue weighted by atomic mass is 9.71.